The molecule has 0 radical (unpaired) electrons. The summed E-state index contributed by atoms with van der Waals surface area (Å²) in [6.45, 7) is 17.2. The van der Waals surface area contributed by atoms with Crippen molar-refractivity contribution in [1.29, 1.82) is 0 Å². The van der Waals surface area contributed by atoms with Gasteiger partial charge in [-0.05, 0) is 68.5 Å². The van der Waals surface area contributed by atoms with Crippen LogP contribution in [0, 0.1) is 16.7 Å². The Labute approximate surface area is 126 Å². The third-order valence-corrected chi connectivity index (χ3v) is 5.79. The summed E-state index contributed by atoms with van der Waals surface area (Å²) in [6.07, 6.45) is 6.79. The molecule has 20 heavy (non-hydrogen) atoms. The van der Waals surface area contributed by atoms with Gasteiger partial charge in [-0.1, -0.05) is 34.6 Å². The Kier molecular flexibility index (Phi) is 5.18. The number of nitrogens with zero attached hydrogens (tertiary/aromatic N) is 1. The second-order valence-electron chi connectivity index (χ2n) is 8.68. The van der Waals surface area contributed by atoms with Gasteiger partial charge in [0.1, 0.15) is 0 Å². The molecule has 0 spiro atoms. The van der Waals surface area contributed by atoms with Gasteiger partial charge in [0.25, 0.3) is 0 Å². The molecule has 1 heterocycles. The lowest BCUT2D eigenvalue weighted by Crippen LogP contribution is -2.47. The predicted molar refractivity (Wildman–Crippen MR) is 88.0 cm³/mol. The average Bonchev–Trinajstić information content (AvgIpc) is 2.65. The highest BCUT2D eigenvalue weighted by Gasteiger charge is 2.42. The van der Waals surface area contributed by atoms with E-state index < -0.39 is 0 Å². The maximum atomic E-state index is 3.85. The Balaban J connectivity index is 1.88. The van der Waals surface area contributed by atoms with E-state index in [1.54, 1.807) is 0 Å². The van der Waals surface area contributed by atoms with Crippen molar-refractivity contribution in [1.82, 2.24) is 10.2 Å². The second kappa shape index (κ2) is 6.36. The highest BCUT2D eigenvalue weighted by atomic mass is 15.1. The SMILES string of the molecule is CCCNC1C(CN2CCC(C)(C)CC2)CCC1(C)C. The number of hydrogen-bond donors (Lipinski definition) is 1. The van der Waals surface area contributed by atoms with E-state index in [1.165, 1.54) is 58.3 Å². The van der Waals surface area contributed by atoms with Gasteiger partial charge >= 0.3 is 0 Å². The molecule has 0 amide bonds. The van der Waals surface area contributed by atoms with Crippen LogP contribution in [0.3, 0.4) is 0 Å². The smallest absolute Gasteiger partial charge is 0.0159 e. The molecular formula is C18H36N2. The summed E-state index contributed by atoms with van der Waals surface area (Å²) in [7, 11) is 0. The summed E-state index contributed by atoms with van der Waals surface area (Å²) in [6, 6.07) is 0.720. The third kappa shape index (κ3) is 3.98. The van der Waals surface area contributed by atoms with Crippen LogP contribution in [0.2, 0.25) is 0 Å². The molecule has 2 unspecified atom stereocenters. The lowest BCUT2D eigenvalue weighted by atomic mass is 9.81. The second-order valence-corrected chi connectivity index (χ2v) is 8.68. The van der Waals surface area contributed by atoms with E-state index in [0.29, 0.717) is 10.8 Å². The molecule has 2 heteroatoms. The molecule has 2 nitrogen and oxygen atoms in total. The van der Waals surface area contributed by atoms with Crippen LogP contribution in [0.15, 0.2) is 0 Å². The van der Waals surface area contributed by atoms with Gasteiger partial charge in [-0.25, -0.2) is 0 Å². The first-order valence-corrected chi connectivity index (χ1v) is 8.80. The summed E-state index contributed by atoms with van der Waals surface area (Å²) in [5.41, 5.74) is 1.06. The van der Waals surface area contributed by atoms with Crippen molar-refractivity contribution in [3.8, 4) is 0 Å². The zero-order valence-corrected chi connectivity index (χ0v) is 14.5. The van der Waals surface area contributed by atoms with Gasteiger partial charge < -0.3 is 10.2 Å². The molecular weight excluding hydrogens is 244 g/mol. The Morgan fingerprint density at radius 2 is 1.70 bits per heavy atom. The lowest BCUT2D eigenvalue weighted by Gasteiger charge is -2.40. The van der Waals surface area contributed by atoms with Crippen molar-refractivity contribution in [3.63, 3.8) is 0 Å². The molecule has 1 aliphatic carbocycles. The van der Waals surface area contributed by atoms with Crippen LogP contribution in [0.5, 0.6) is 0 Å². The van der Waals surface area contributed by atoms with Crippen LogP contribution >= 0.6 is 0 Å². The molecule has 0 aromatic rings. The molecule has 2 atom stereocenters. The zero-order valence-electron chi connectivity index (χ0n) is 14.5. The van der Waals surface area contributed by atoms with Gasteiger partial charge in [0.05, 0.1) is 0 Å². The van der Waals surface area contributed by atoms with Crippen molar-refractivity contribution in [2.75, 3.05) is 26.2 Å². The van der Waals surface area contributed by atoms with E-state index in [2.05, 4.69) is 44.8 Å². The summed E-state index contributed by atoms with van der Waals surface area (Å²) in [5, 5.41) is 3.85. The van der Waals surface area contributed by atoms with Crippen LogP contribution in [0.25, 0.3) is 0 Å². The largest absolute Gasteiger partial charge is 0.313 e. The van der Waals surface area contributed by atoms with Gasteiger partial charge in [0.2, 0.25) is 0 Å². The Bertz CT molecular complexity index is 299. The minimum Gasteiger partial charge on any atom is -0.313 e. The van der Waals surface area contributed by atoms with Gasteiger partial charge in [0, 0.05) is 12.6 Å². The van der Waals surface area contributed by atoms with Crippen molar-refractivity contribution in [2.45, 2.75) is 72.8 Å². The van der Waals surface area contributed by atoms with E-state index in [9.17, 15) is 0 Å². The molecule has 118 valence electrons. The first-order valence-electron chi connectivity index (χ1n) is 8.80. The van der Waals surface area contributed by atoms with Crippen LogP contribution in [0.1, 0.15) is 66.7 Å². The number of piperidine rings is 1. The van der Waals surface area contributed by atoms with E-state index in [0.717, 1.165) is 12.0 Å². The fourth-order valence-electron chi connectivity index (χ4n) is 4.13. The fourth-order valence-corrected chi connectivity index (χ4v) is 4.13. The van der Waals surface area contributed by atoms with Gasteiger partial charge in [-0.3, -0.25) is 0 Å². The van der Waals surface area contributed by atoms with Crippen LogP contribution in [-0.4, -0.2) is 37.1 Å². The summed E-state index contributed by atoms with van der Waals surface area (Å²) >= 11 is 0. The minimum atomic E-state index is 0.481. The van der Waals surface area contributed by atoms with Crippen LogP contribution in [-0.2, 0) is 0 Å². The molecule has 1 N–H and O–H groups in total. The highest BCUT2D eigenvalue weighted by Crippen LogP contribution is 2.42. The first-order chi connectivity index (χ1) is 9.34. The predicted octanol–water partition coefficient (Wildman–Crippen LogP) is 3.91. The molecule has 1 saturated carbocycles. The molecule has 1 aliphatic heterocycles. The molecule has 2 aliphatic rings. The maximum absolute atomic E-state index is 3.85. The highest BCUT2D eigenvalue weighted by molar-refractivity contribution is 4.97. The zero-order chi connectivity index (χ0) is 14.8. The number of nitrogens with one attached hydrogen (secondary N) is 1. The third-order valence-electron chi connectivity index (χ3n) is 5.79. The Morgan fingerprint density at radius 3 is 2.30 bits per heavy atom. The average molecular weight is 280 g/mol. The minimum absolute atomic E-state index is 0.481. The molecule has 1 saturated heterocycles. The Hall–Kier alpha value is -0.0800. The number of hydrogen-bond acceptors (Lipinski definition) is 2. The summed E-state index contributed by atoms with van der Waals surface area (Å²) < 4.78 is 0. The first kappa shape index (κ1) is 16.3. The molecule has 0 aromatic heterocycles. The van der Waals surface area contributed by atoms with Gasteiger partial charge in [-0.2, -0.15) is 0 Å². The van der Waals surface area contributed by atoms with Gasteiger partial charge in [-0.15, -0.1) is 0 Å². The molecule has 0 bridgehead atoms. The van der Waals surface area contributed by atoms with Crippen LogP contribution < -0.4 is 5.32 Å². The maximum Gasteiger partial charge on any atom is 0.0159 e. The fraction of sp³-hybridized carbons (Fsp3) is 1.00. The quantitative estimate of drug-likeness (QED) is 0.821. The molecule has 0 aromatic carbocycles. The summed E-state index contributed by atoms with van der Waals surface area (Å²) in [5.74, 6) is 0.859. The normalized spacial score (nSPS) is 33.5. The van der Waals surface area contributed by atoms with Crippen LogP contribution in [0.4, 0.5) is 0 Å². The van der Waals surface area contributed by atoms with Crippen molar-refractivity contribution in [3.05, 3.63) is 0 Å². The topological polar surface area (TPSA) is 15.3 Å². The van der Waals surface area contributed by atoms with E-state index in [1.807, 2.05) is 0 Å². The molecule has 2 rings (SSSR count). The van der Waals surface area contributed by atoms with Crippen molar-refractivity contribution < 1.29 is 0 Å². The van der Waals surface area contributed by atoms with Crippen molar-refractivity contribution in [2.24, 2.45) is 16.7 Å². The number of rotatable bonds is 5. The summed E-state index contributed by atoms with van der Waals surface area (Å²) in [4.78, 5) is 2.73. The monoisotopic (exact) mass is 280 g/mol. The van der Waals surface area contributed by atoms with Crippen molar-refractivity contribution >= 4 is 0 Å². The van der Waals surface area contributed by atoms with Gasteiger partial charge in [0.15, 0.2) is 0 Å². The van der Waals surface area contributed by atoms with E-state index in [-0.39, 0.29) is 0 Å². The molecule has 2 fully saturated rings. The lowest BCUT2D eigenvalue weighted by molar-refractivity contribution is 0.106. The van der Waals surface area contributed by atoms with E-state index in [4.69, 9.17) is 0 Å². The number of likely N-dealkylation sites (tertiary alicyclic amines) is 1. The standard InChI is InChI=1S/C18H36N2/c1-6-11-19-16-15(7-8-18(16,4)5)14-20-12-9-17(2,3)10-13-20/h15-16,19H,6-14H2,1-5H3. The van der Waals surface area contributed by atoms with E-state index >= 15 is 0 Å². The Morgan fingerprint density at radius 1 is 1.05 bits per heavy atom.